The first-order valence-electron chi connectivity index (χ1n) is 7.94. The lowest BCUT2D eigenvalue weighted by Crippen LogP contribution is -2.43. The van der Waals surface area contributed by atoms with Gasteiger partial charge in [-0.05, 0) is 68.8 Å². The number of amides is 1. The van der Waals surface area contributed by atoms with Crippen LogP contribution in [0.5, 0.6) is 0 Å². The van der Waals surface area contributed by atoms with E-state index < -0.39 is 0 Å². The molecule has 1 N–H and O–H groups in total. The third kappa shape index (κ3) is 3.76. The van der Waals surface area contributed by atoms with E-state index in [4.69, 9.17) is 11.6 Å². The van der Waals surface area contributed by atoms with Crippen LogP contribution in [0.2, 0.25) is 5.02 Å². The third-order valence-electron chi connectivity index (χ3n) is 4.91. The molecule has 2 aliphatic heterocycles. The highest BCUT2D eigenvalue weighted by Gasteiger charge is 2.30. The summed E-state index contributed by atoms with van der Waals surface area (Å²) < 4.78 is 0. The minimum atomic E-state index is 0. The molecular formula is C17H24Cl2N2O. The van der Waals surface area contributed by atoms with Crippen LogP contribution in [0, 0.1) is 12.8 Å². The molecule has 0 aromatic heterocycles. The van der Waals surface area contributed by atoms with Gasteiger partial charge < -0.3 is 10.2 Å². The third-order valence-corrected chi connectivity index (χ3v) is 5.15. The van der Waals surface area contributed by atoms with Gasteiger partial charge in [0.05, 0.1) is 0 Å². The van der Waals surface area contributed by atoms with Crippen molar-refractivity contribution in [2.45, 2.75) is 38.6 Å². The summed E-state index contributed by atoms with van der Waals surface area (Å²) in [5.41, 5.74) is 1.75. The first-order chi connectivity index (χ1) is 10.1. The fourth-order valence-corrected chi connectivity index (χ4v) is 3.88. The van der Waals surface area contributed by atoms with Gasteiger partial charge in [-0.2, -0.15) is 0 Å². The molecule has 0 saturated carbocycles. The fraction of sp³-hybridized carbons (Fsp3) is 0.588. The van der Waals surface area contributed by atoms with Crippen LogP contribution in [-0.4, -0.2) is 36.5 Å². The van der Waals surface area contributed by atoms with Gasteiger partial charge >= 0.3 is 0 Å². The Hall–Kier alpha value is -0.770. The summed E-state index contributed by atoms with van der Waals surface area (Å²) in [5.74, 6) is 0.893. The summed E-state index contributed by atoms with van der Waals surface area (Å²) in [4.78, 5) is 14.6. The Morgan fingerprint density at radius 2 is 2.00 bits per heavy atom. The number of carbonyl (C=O) groups excluding carboxylic acids is 1. The zero-order chi connectivity index (χ0) is 14.8. The van der Waals surface area contributed by atoms with E-state index in [0.29, 0.717) is 11.1 Å². The van der Waals surface area contributed by atoms with Crippen molar-refractivity contribution >= 4 is 29.9 Å². The van der Waals surface area contributed by atoms with Crippen molar-refractivity contribution in [1.82, 2.24) is 10.2 Å². The molecule has 0 bridgehead atoms. The van der Waals surface area contributed by atoms with E-state index in [0.717, 1.165) is 49.5 Å². The van der Waals surface area contributed by atoms with Crippen LogP contribution in [0.25, 0.3) is 0 Å². The zero-order valence-corrected chi connectivity index (χ0v) is 14.6. The molecule has 2 saturated heterocycles. The average molecular weight is 343 g/mol. The number of aryl methyl sites for hydroxylation is 1. The van der Waals surface area contributed by atoms with Crippen LogP contribution in [0.1, 0.15) is 41.6 Å². The van der Waals surface area contributed by atoms with Crippen LogP contribution in [0.15, 0.2) is 18.2 Å². The first kappa shape index (κ1) is 17.6. The number of benzene rings is 1. The summed E-state index contributed by atoms with van der Waals surface area (Å²) >= 11 is 5.97. The second-order valence-electron chi connectivity index (χ2n) is 6.29. The molecule has 3 rings (SSSR count). The standard InChI is InChI=1S/C17H23ClN2O.ClH/c1-12-11-14(18)4-5-15(12)17(21)20-9-6-13(7-10-20)16-3-2-8-19-16;/h4-5,11,13,16,19H,2-3,6-10H2,1H3;1H. The number of hydrogen-bond donors (Lipinski definition) is 1. The van der Waals surface area contributed by atoms with Gasteiger partial charge in [-0.1, -0.05) is 11.6 Å². The lowest BCUT2D eigenvalue weighted by molar-refractivity contribution is 0.0673. The van der Waals surface area contributed by atoms with Crippen molar-refractivity contribution in [3.05, 3.63) is 34.3 Å². The highest BCUT2D eigenvalue weighted by molar-refractivity contribution is 6.30. The number of likely N-dealkylation sites (tertiary alicyclic amines) is 1. The van der Waals surface area contributed by atoms with Gasteiger partial charge in [0.25, 0.3) is 5.91 Å². The molecule has 0 aliphatic carbocycles. The second-order valence-corrected chi connectivity index (χ2v) is 6.73. The predicted octanol–water partition coefficient (Wildman–Crippen LogP) is 3.67. The molecule has 2 aliphatic rings. The molecule has 2 fully saturated rings. The molecule has 22 heavy (non-hydrogen) atoms. The normalized spacial score (nSPS) is 22.5. The molecule has 1 atom stereocenters. The number of hydrogen-bond acceptors (Lipinski definition) is 2. The van der Waals surface area contributed by atoms with Gasteiger partial charge in [0.15, 0.2) is 0 Å². The van der Waals surface area contributed by atoms with Crippen molar-refractivity contribution in [2.75, 3.05) is 19.6 Å². The van der Waals surface area contributed by atoms with Gasteiger partial charge in [-0.15, -0.1) is 12.4 Å². The largest absolute Gasteiger partial charge is 0.339 e. The number of nitrogens with one attached hydrogen (secondary N) is 1. The second kappa shape index (κ2) is 7.67. The van der Waals surface area contributed by atoms with Crippen molar-refractivity contribution in [1.29, 1.82) is 0 Å². The van der Waals surface area contributed by atoms with Crippen LogP contribution in [0.3, 0.4) is 0 Å². The van der Waals surface area contributed by atoms with E-state index in [2.05, 4.69) is 5.32 Å². The highest BCUT2D eigenvalue weighted by atomic mass is 35.5. The summed E-state index contributed by atoms with van der Waals surface area (Å²) in [6, 6.07) is 6.20. The van der Waals surface area contributed by atoms with Crippen LogP contribution < -0.4 is 5.32 Å². The fourth-order valence-electron chi connectivity index (χ4n) is 3.66. The zero-order valence-electron chi connectivity index (χ0n) is 13.0. The highest BCUT2D eigenvalue weighted by Crippen LogP contribution is 2.27. The minimum absolute atomic E-state index is 0. The summed E-state index contributed by atoms with van der Waals surface area (Å²) in [7, 11) is 0. The summed E-state index contributed by atoms with van der Waals surface area (Å²) in [6.45, 7) is 4.87. The summed E-state index contributed by atoms with van der Waals surface area (Å²) in [5, 5.41) is 4.29. The molecular weight excluding hydrogens is 319 g/mol. The predicted molar refractivity (Wildman–Crippen MR) is 93.1 cm³/mol. The Balaban J connectivity index is 0.00000176. The Labute approximate surface area is 143 Å². The van der Waals surface area contributed by atoms with Gasteiger partial charge in [0.2, 0.25) is 0 Å². The van der Waals surface area contributed by atoms with Gasteiger partial charge in [0.1, 0.15) is 0 Å². The number of carbonyl (C=O) groups is 1. The van der Waals surface area contributed by atoms with Crippen LogP contribution in [0.4, 0.5) is 0 Å². The number of piperidine rings is 1. The van der Waals surface area contributed by atoms with Crippen molar-refractivity contribution in [3.8, 4) is 0 Å². The van der Waals surface area contributed by atoms with Crippen molar-refractivity contribution in [2.24, 2.45) is 5.92 Å². The molecule has 1 amide bonds. The number of nitrogens with zero attached hydrogens (tertiary/aromatic N) is 1. The Kier molecular flexibility index (Phi) is 6.13. The molecule has 1 unspecified atom stereocenters. The van der Waals surface area contributed by atoms with Crippen LogP contribution in [-0.2, 0) is 0 Å². The maximum Gasteiger partial charge on any atom is 0.254 e. The van der Waals surface area contributed by atoms with Crippen LogP contribution >= 0.6 is 24.0 Å². The molecule has 5 heteroatoms. The van der Waals surface area contributed by atoms with Crippen molar-refractivity contribution < 1.29 is 4.79 Å². The minimum Gasteiger partial charge on any atom is -0.339 e. The molecule has 1 aromatic carbocycles. The van der Waals surface area contributed by atoms with Crippen molar-refractivity contribution in [3.63, 3.8) is 0 Å². The first-order valence-corrected chi connectivity index (χ1v) is 8.32. The van der Waals surface area contributed by atoms with E-state index in [-0.39, 0.29) is 18.3 Å². The van der Waals surface area contributed by atoms with Gasteiger partial charge in [-0.25, -0.2) is 0 Å². The number of rotatable bonds is 2. The molecule has 1 aromatic rings. The quantitative estimate of drug-likeness (QED) is 0.889. The maximum absolute atomic E-state index is 12.6. The Morgan fingerprint density at radius 1 is 1.27 bits per heavy atom. The maximum atomic E-state index is 12.6. The number of halogens is 2. The smallest absolute Gasteiger partial charge is 0.254 e. The lowest BCUT2D eigenvalue weighted by atomic mass is 9.88. The van der Waals surface area contributed by atoms with Gasteiger partial charge in [0, 0.05) is 29.7 Å². The molecule has 3 nitrogen and oxygen atoms in total. The molecule has 2 heterocycles. The topological polar surface area (TPSA) is 32.3 Å². The van der Waals surface area contributed by atoms with Gasteiger partial charge in [-0.3, -0.25) is 4.79 Å². The Morgan fingerprint density at radius 3 is 2.59 bits per heavy atom. The van der Waals surface area contributed by atoms with E-state index in [1.807, 2.05) is 24.0 Å². The molecule has 0 radical (unpaired) electrons. The lowest BCUT2D eigenvalue weighted by Gasteiger charge is -2.35. The SMILES string of the molecule is Cc1cc(Cl)ccc1C(=O)N1CCC(C2CCCN2)CC1.Cl. The molecule has 122 valence electrons. The van der Waals surface area contributed by atoms with E-state index in [1.54, 1.807) is 6.07 Å². The van der Waals surface area contributed by atoms with E-state index in [9.17, 15) is 4.79 Å². The van der Waals surface area contributed by atoms with E-state index >= 15 is 0 Å². The molecule has 0 spiro atoms. The Bertz CT molecular complexity index is 521. The van der Waals surface area contributed by atoms with E-state index in [1.165, 1.54) is 12.8 Å². The monoisotopic (exact) mass is 342 g/mol. The average Bonchev–Trinajstić information content (AvgIpc) is 3.01. The summed E-state index contributed by atoms with van der Waals surface area (Å²) in [6.07, 6.45) is 4.84.